The average Bonchev–Trinajstić information content (AvgIpc) is 2.30. The Morgan fingerprint density at radius 1 is 1.25 bits per heavy atom. The molecule has 0 radical (unpaired) electrons. The van der Waals surface area contributed by atoms with Gasteiger partial charge in [-0.05, 0) is 49.6 Å². The van der Waals surface area contributed by atoms with Gasteiger partial charge in [0.25, 0.3) is 0 Å². The summed E-state index contributed by atoms with van der Waals surface area (Å²) in [7, 11) is 1.70. The maximum absolute atomic E-state index is 8.67. The van der Waals surface area contributed by atoms with E-state index < -0.39 is 0 Å². The number of hydrogen-bond acceptors (Lipinski definition) is 3. The Hall–Kier alpha value is -1.06. The van der Waals surface area contributed by atoms with Gasteiger partial charge < -0.3 is 15.2 Å². The van der Waals surface area contributed by atoms with E-state index in [0.29, 0.717) is 0 Å². The summed E-state index contributed by atoms with van der Waals surface area (Å²) in [6.45, 7) is 6.12. The first kappa shape index (κ1) is 13.0. The Kier molecular flexibility index (Phi) is 5.29. The Morgan fingerprint density at radius 3 is 2.62 bits per heavy atom. The van der Waals surface area contributed by atoms with Gasteiger partial charge in [0.05, 0.1) is 7.11 Å². The molecule has 0 fully saturated rings. The molecule has 0 heterocycles. The molecule has 2 N–H and O–H groups in total. The molecule has 1 aromatic carbocycles. The maximum atomic E-state index is 8.67. The second kappa shape index (κ2) is 6.51. The fraction of sp³-hybridized carbons (Fsp3) is 0.538. The van der Waals surface area contributed by atoms with Crippen molar-refractivity contribution in [3.8, 4) is 5.75 Å². The van der Waals surface area contributed by atoms with Crippen LogP contribution < -0.4 is 10.1 Å². The fourth-order valence-electron chi connectivity index (χ4n) is 1.69. The number of methoxy groups -OCH3 is 1. The molecular weight excluding hydrogens is 202 g/mol. The molecule has 16 heavy (non-hydrogen) atoms. The van der Waals surface area contributed by atoms with Crippen molar-refractivity contribution in [3.05, 3.63) is 28.8 Å². The number of nitrogens with one attached hydrogen (secondary N) is 1. The van der Waals surface area contributed by atoms with Crippen LogP contribution in [0.15, 0.2) is 12.1 Å². The maximum Gasteiger partial charge on any atom is 0.122 e. The van der Waals surface area contributed by atoms with Crippen molar-refractivity contribution >= 4 is 0 Å². The largest absolute Gasteiger partial charge is 0.496 e. The van der Waals surface area contributed by atoms with Crippen molar-refractivity contribution in [2.75, 3.05) is 20.3 Å². The number of ether oxygens (including phenoxy) is 1. The van der Waals surface area contributed by atoms with Crippen molar-refractivity contribution in [2.45, 2.75) is 26.8 Å². The molecule has 0 saturated heterocycles. The van der Waals surface area contributed by atoms with Crippen LogP contribution in [0.2, 0.25) is 0 Å². The quantitative estimate of drug-likeness (QED) is 0.722. The van der Waals surface area contributed by atoms with Crippen LogP contribution in [0.3, 0.4) is 0 Å². The van der Waals surface area contributed by atoms with E-state index in [1.807, 2.05) is 6.07 Å². The molecule has 3 nitrogen and oxygen atoms in total. The van der Waals surface area contributed by atoms with Crippen molar-refractivity contribution < 1.29 is 9.84 Å². The van der Waals surface area contributed by atoms with E-state index in [2.05, 4.69) is 25.2 Å². The van der Waals surface area contributed by atoms with Gasteiger partial charge in [0.15, 0.2) is 0 Å². The lowest BCUT2D eigenvalue weighted by molar-refractivity contribution is 0.286. The van der Waals surface area contributed by atoms with E-state index >= 15 is 0 Å². The zero-order valence-electron chi connectivity index (χ0n) is 10.3. The third-order valence-electron chi connectivity index (χ3n) is 2.90. The summed E-state index contributed by atoms with van der Waals surface area (Å²) in [5, 5.41) is 12.0. The first-order chi connectivity index (χ1) is 7.70. The highest BCUT2D eigenvalue weighted by molar-refractivity contribution is 5.43. The number of rotatable bonds is 6. The fourth-order valence-corrected chi connectivity index (χ4v) is 1.69. The molecule has 0 amide bonds. The second-order valence-electron chi connectivity index (χ2n) is 3.93. The average molecular weight is 223 g/mol. The molecule has 90 valence electrons. The molecule has 0 saturated carbocycles. The van der Waals surface area contributed by atoms with E-state index in [1.54, 1.807) is 7.11 Å². The summed E-state index contributed by atoms with van der Waals surface area (Å²) in [6.07, 6.45) is 0.800. The van der Waals surface area contributed by atoms with Crippen LogP contribution in [0.5, 0.6) is 5.75 Å². The van der Waals surface area contributed by atoms with Crippen molar-refractivity contribution in [3.63, 3.8) is 0 Å². The van der Waals surface area contributed by atoms with E-state index in [0.717, 1.165) is 25.3 Å². The van der Waals surface area contributed by atoms with E-state index in [1.165, 1.54) is 16.7 Å². The molecule has 0 aromatic heterocycles. The summed E-state index contributed by atoms with van der Waals surface area (Å²) in [4.78, 5) is 0. The summed E-state index contributed by atoms with van der Waals surface area (Å²) in [6, 6.07) is 4.10. The number of aliphatic hydroxyl groups is 1. The summed E-state index contributed by atoms with van der Waals surface area (Å²) in [5.41, 5.74) is 3.76. The third-order valence-corrected chi connectivity index (χ3v) is 2.90. The first-order valence-electron chi connectivity index (χ1n) is 5.65. The van der Waals surface area contributed by atoms with Gasteiger partial charge in [-0.15, -0.1) is 0 Å². The van der Waals surface area contributed by atoms with Gasteiger partial charge in [-0.25, -0.2) is 0 Å². The van der Waals surface area contributed by atoms with Gasteiger partial charge in [0.2, 0.25) is 0 Å². The molecule has 0 bridgehead atoms. The first-order valence-corrected chi connectivity index (χ1v) is 5.65. The lowest BCUT2D eigenvalue weighted by Crippen LogP contribution is -2.16. The van der Waals surface area contributed by atoms with Crippen molar-refractivity contribution in [2.24, 2.45) is 0 Å². The minimum atomic E-state index is 0.244. The van der Waals surface area contributed by atoms with Gasteiger partial charge in [-0.3, -0.25) is 0 Å². The minimum absolute atomic E-state index is 0.244. The molecule has 1 rings (SSSR count). The number of hydrogen-bond donors (Lipinski definition) is 2. The van der Waals surface area contributed by atoms with Gasteiger partial charge in [0, 0.05) is 13.2 Å². The molecule has 0 aliphatic heterocycles. The standard InChI is InChI=1S/C13H21NO2/c1-10-11(2)13(16-3)6-5-12(10)9-14-7-4-8-15/h5-6,14-15H,4,7-9H2,1-3H3. The smallest absolute Gasteiger partial charge is 0.122 e. The normalized spacial score (nSPS) is 10.5. The van der Waals surface area contributed by atoms with Crippen LogP contribution in [0, 0.1) is 13.8 Å². The van der Waals surface area contributed by atoms with Crippen LogP contribution in [0.25, 0.3) is 0 Å². The van der Waals surface area contributed by atoms with Crippen LogP contribution in [0.1, 0.15) is 23.1 Å². The van der Waals surface area contributed by atoms with Crippen LogP contribution in [0.4, 0.5) is 0 Å². The van der Waals surface area contributed by atoms with Crippen molar-refractivity contribution in [1.29, 1.82) is 0 Å². The van der Waals surface area contributed by atoms with E-state index in [-0.39, 0.29) is 6.61 Å². The van der Waals surface area contributed by atoms with Gasteiger partial charge in [-0.1, -0.05) is 6.07 Å². The Balaban J connectivity index is 2.64. The molecule has 1 aromatic rings. The van der Waals surface area contributed by atoms with Gasteiger partial charge in [0.1, 0.15) is 5.75 Å². The topological polar surface area (TPSA) is 41.5 Å². The van der Waals surface area contributed by atoms with Crippen LogP contribution >= 0.6 is 0 Å². The minimum Gasteiger partial charge on any atom is -0.496 e. The predicted octanol–water partition coefficient (Wildman–Crippen LogP) is 1.78. The molecule has 0 atom stereocenters. The zero-order valence-corrected chi connectivity index (χ0v) is 10.3. The highest BCUT2D eigenvalue weighted by Gasteiger charge is 2.05. The summed E-state index contributed by atoms with van der Waals surface area (Å²) in [5.74, 6) is 0.941. The third kappa shape index (κ3) is 3.22. The predicted molar refractivity (Wildman–Crippen MR) is 65.9 cm³/mol. The summed E-state index contributed by atoms with van der Waals surface area (Å²) < 4.78 is 5.27. The Labute approximate surface area is 97.4 Å². The molecule has 0 unspecified atom stereocenters. The van der Waals surface area contributed by atoms with Gasteiger partial charge >= 0.3 is 0 Å². The molecule has 3 heteroatoms. The Bertz CT molecular complexity index is 337. The van der Waals surface area contributed by atoms with E-state index in [4.69, 9.17) is 9.84 Å². The molecule has 0 aliphatic rings. The zero-order chi connectivity index (χ0) is 12.0. The molecule has 0 aliphatic carbocycles. The lowest BCUT2D eigenvalue weighted by atomic mass is 10.0. The van der Waals surface area contributed by atoms with Gasteiger partial charge in [-0.2, -0.15) is 0 Å². The molecule has 0 spiro atoms. The number of aliphatic hydroxyl groups excluding tert-OH is 1. The molecular formula is C13H21NO2. The van der Waals surface area contributed by atoms with Crippen LogP contribution in [-0.2, 0) is 6.54 Å². The highest BCUT2D eigenvalue weighted by atomic mass is 16.5. The second-order valence-corrected chi connectivity index (χ2v) is 3.93. The van der Waals surface area contributed by atoms with E-state index in [9.17, 15) is 0 Å². The van der Waals surface area contributed by atoms with Crippen LogP contribution in [-0.4, -0.2) is 25.4 Å². The highest BCUT2D eigenvalue weighted by Crippen LogP contribution is 2.23. The number of benzene rings is 1. The monoisotopic (exact) mass is 223 g/mol. The lowest BCUT2D eigenvalue weighted by Gasteiger charge is -2.13. The Morgan fingerprint density at radius 2 is 2.00 bits per heavy atom. The summed E-state index contributed by atoms with van der Waals surface area (Å²) >= 11 is 0. The SMILES string of the molecule is COc1ccc(CNCCCO)c(C)c1C. The van der Waals surface area contributed by atoms with Crippen molar-refractivity contribution in [1.82, 2.24) is 5.32 Å².